The lowest BCUT2D eigenvalue weighted by molar-refractivity contribution is -0.163. The van der Waals surface area contributed by atoms with Crippen molar-refractivity contribution >= 4 is 5.97 Å². The van der Waals surface area contributed by atoms with Crippen molar-refractivity contribution < 1.29 is 9.53 Å². The highest BCUT2D eigenvalue weighted by Crippen LogP contribution is 2.52. The van der Waals surface area contributed by atoms with Gasteiger partial charge in [0.15, 0.2) is 0 Å². The second-order valence-electron chi connectivity index (χ2n) is 6.18. The van der Waals surface area contributed by atoms with Gasteiger partial charge >= 0.3 is 5.97 Å². The third-order valence-electron chi connectivity index (χ3n) is 4.79. The van der Waals surface area contributed by atoms with E-state index in [9.17, 15) is 4.79 Å². The normalized spacial score (nSPS) is 45.2. The molecule has 17 heavy (non-hydrogen) atoms. The summed E-state index contributed by atoms with van der Waals surface area (Å²) in [7, 11) is 0. The van der Waals surface area contributed by atoms with Gasteiger partial charge in [0.05, 0.1) is 0 Å². The Morgan fingerprint density at radius 3 is 2.71 bits per heavy atom. The number of carbonyl (C=O) groups is 1. The fraction of sp³-hybridized carbons (Fsp3) is 0.800. The summed E-state index contributed by atoms with van der Waals surface area (Å²) < 4.78 is 5.63. The van der Waals surface area contributed by atoms with Crippen LogP contribution in [0.5, 0.6) is 0 Å². The highest BCUT2D eigenvalue weighted by Gasteiger charge is 2.49. The molecule has 1 saturated carbocycles. The van der Waals surface area contributed by atoms with E-state index < -0.39 is 0 Å². The van der Waals surface area contributed by atoms with Crippen LogP contribution in [0.2, 0.25) is 0 Å². The van der Waals surface area contributed by atoms with Gasteiger partial charge in [-0.1, -0.05) is 45.8 Å². The number of hydrogen-bond acceptors (Lipinski definition) is 2. The summed E-state index contributed by atoms with van der Waals surface area (Å²) in [5.74, 6) is 1.47. The largest absolute Gasteiger partial charge is 0.461 e. The molecule has 0 bridgehead atoms. The first-order chi connectivity index (χ1) is 7.95. The average Bonchev–Trinajstić information content (AvgIpc) is 2.23. The Morgan fingerprint density at radius 2 is 2.06 bits per heavy atom. The number of esters is 1. The summed E-state index contributed by atoms with van der Waals surface area (Å²) in [5.41, 5.74) is 0.136. The van der Waals surface area contributed by atoms with E-state index in [2.05, 4.69) is 32.9 Å². The monoisotopic (exact) mass is 236 g/mol. The van der Waals surface area contributed by atoms with Crippen molar-refractivity contribution in [3.05, 3.63) is 12.2 Å². The summed E-state index contributed by atoms with van der Waals surface area (Å²) in [6.45, 7) is 8.31. The van der Waals surface area contributed by atoms with E-state index in [0.717, 1.165) is 0 Å². The Hall–Kier alpha value is -0.790. The molecule has 1 fully saturated rings. The van der Waals surface area contributed by atoms with E-state index in [1.165, 1.54) is 26.2 Å². The number of rotatable bonds is 1. The zero-order chi connectivity index (χ0) is 12.6. The minimum atomic E-state index is -0.143. The van der Waals surface area contributed by atoms with Gasteiger partial charge in [-0.05, 0) is 18.3 Å². The molecule has 0 N–H and O–H groups in total. The molecule has 0 radical (unpaired) electrons. The second kappa shape index (κ2) is 4.47. The van der Waals surface area contributed by atoms with Crippen molar-refractivity contribution in [2.45, 2.75) is 53.1 Å². The maximum Gasteiger partial charge on any atom is 0.302 e. The maximum atomic E-state index is 11.3. The Bertz CT molecular complexity index is 334. The van der Waals surface area contributed by atoms with Crippen LogP contribution < -0.4 is 0 Å². The lowest BCUT2D eigenvalue weighted by atomic mass is 9.56. The molecule has 96 valence electrons. The molecule has 0 heterocycles. The van der Waals surface area contributed by atoms with Crippen LogP contribution in [0.3, 0.4) is 0 Å². The van der Waals surface area contributed by atoms with Gasteiger partial charge in [0.25, 0.3) is 0 Å². The third-order valence-corrected chi connectivity index (χ3v) is 4.79. The molecule has 2 heteroatoms. The molecule has 2 aliphatic carbocycles. The summed E-state index contributed by atoms with van der Waals surface area (Å²) in [6.07, 6.45) is 8.39. The number of allylic oxidation sites excluding steroid dienone is 1. The third kappa shape index (κ3) is 2.14. The van der Waals surface area contributed by atoms with Crippen LogP contribution in [0.15, 0.2) is 12.2 Å². The predicted molar refractivity (Wildman–Crippen MR) is 68.5 cm³/mol. The molecule has 2 rings (SSSR count). The fourth-order valence-electron chi connectivity index (χ4n) is 3.96. The predicted octanol–water partition coefficient (Wildman–Crippen LogP) is 3.57. The Morgan fingerprint density at radius 1 is 1.35 bits per heavy atom. The van der Waals surface area contributed by atoms with Gasteiger partial charge in [0, 0.05) is 18.3 Å². The molecular formula is C15H24O2. The van der Waals surface area contributed by atoms with Crippen LogP contribution in [-0.4, -0.2) is 12.1 Å². The Labute approximate surface area is 104 Å². The Balaban J connectivity index is 2.30. The van der Waals surface area contributed by atoms with E-state index >= 15 is 0 Å². The van der Waals surface area contributed by atoms with Crippen LogP contribution in [0.25, 0.3) is 0 Å². The molecule has 4 unspecified atom stereocenters. The lowest BCUT2D eigenvalue weighted by Crippen LogP contribution is -2.50. The molecule has 0 aromatic rings. The van der Waals surface area contributed by atoms with E-state index in [-0.39, 0.29) is 17.5 Å². The molecular weight excluding hydrogens is 212 g/mol. The van der Waals surface area contributed by atoms with Gasteiger partial charge in [-0.2, -0.15) is 0 Å². The number of ether oxygens (including phenoxy) is 1. The molecule has 0 amide bonds. The van der Waals surface area contributed by atoms with Crippen molar-refractivity contribution in [3.8, 4) is 0 Å². The highest BCUT2D eigenvalue weighted by atomic mass is 16.5. The first-order valence-corrected chi connectivity index (χ1v) is 6.80. The fourth-order valence-corrected chi connectivity index (χ4v) is 3.96. The first-order valence-electron chi connectivity index (χ1n) is 6.80. The topological polar surface area (TPSA) is 26.3 Å². The summed E-state index contributed by atoms with van der Waals surface area (Å²) in [5, 5.41) is 0. The SMILES string of the molecule is CC(=O)OC1[C@@H](C)C=CC2C(C)CCCC21C. The number of hydrogen-bond donors (Lipinski definition) is 0. The van der Waals surface area contributed by atoms with Gasteiger partial charge in [0.1, 0.15) is 6.10 Å². The van der Waals surface area contributed by atoms with Gasteiger partial charge in [0.2, 0.25) is 0 Å². The zero-order valence-electron chi connectivity index (χ0n) is 11.4. The van der Waals surface area contributed by atoms with Crippen LogP contribution in [0.4, 0.5) is 0 Å². The summed E-state index contributed by atoms with van der Waals surface area (Å²) in [6, 6.07) is 0. The van der Waals surface area contributed by atoms with Crippen LogP contribution in [0, 0.1) is 23.2 Å². The van der Waals surface area contributed by atoms with Crippen LogP contribution in [-0.2, 0) is 9.53 Å². The quantitative estimate of drug-likeness (QED) is 0.514. The molecule has 0 aromatic carbocycles. The lowest BCUT2D eigenvalue weighted by Gasteiger charge is -2.51. The highest BCUT2D eigenvalue weighted by molar-refractivity contribution is 5.66. The summed E-state index contributed by atoms with van der Waals surface area (Å²) in [4.78, 5) is 11.3. The van der Waals surface area contributed by atoms with Crippen molar-refractivity contribution in [2.75, 3.05) is 0 Å². The Kier molecular flexibility index (Phi) is 3.33. The molecule has 5 atom stereocenters. The number of carbonyl (C=O) groups excluding carboxylic acids is 1. The van der Waals surface area contributed by atoms with Crippen molar-refractivity contribution in [2.24, 2.45) is 23.2 Å². The van der Waals surface area contributed by atoms with Crippen LogP contribution >= 0.6 is 0 Å². The molecule has 2 nitrogen and oxygen atoms in total. The number of fused-ring (bicyclic) bond motifs is 1. The zero-order valence-corrected chi connectivity index (χ0v) is 11.4. The van der Waals surface area contributed by atoms with E-state index in [0.29, 0.717) is 17.8 Å². The molecule has 0 saturated heterocycles. The maximum absolute atomic E-state index is 11.3. The van der Waals surface area contributed by atoms with Gasteiger partial charge < -0.3 is 4.74 Å². The van der Waals surface area contributed by atoms with Crippen molar-refractivity contribution in [1.29, 1.82) is 0 Å². The van der Waals surface area contributed by atoms with E-state index in [1.54, 1.807) is 0 Å². The van der Waals surface area contributed by atoms with Crippen molar-refractivity contribution in [1.82, 2.24) is 0 Å². The summed E-state index contributed by atoms with van der Waals surface area (Å²) >= 11 is 0. The smallest absolute Gasteiger partial charge is 0.302 e. The average molecular weight is 236 g/mol. The first kappa shape index (κ1) is 12.7. The molecule has 0 aliphatic heterocycles. The standard InChI is InChI=1S/C15H24O2/c1-10-6-5-9-15(4)13(10)8-7-11(2)14(15)17-12(3)16/h7-8,10-11,13-14H,5-6,9H2,1-4H3/t10?,11-,13?,14?,15?/m0/s1. The van der Waals surface area contributed by atoms with Gasteiger partial charge in [-0.3, -0.25) is 4.79 Å². The second-order valence-corrected chi connectivity index (χ2v) is 6.18. The van der Waals surface area contributed by atoms with E-state index in [4.69, 9.17) is 4.74 Å². The van der Waals surface area contributed by atoms with E-state index in [1.807, 2.05) is 0 Å². The van der Waals surface area contributed by atoms with Crippen molar-refractivity contribution in [3.63, 3.8) is 0 Å². The van der Waals surface area contributed by atoms with Gasteiger partial charge in [-0.25, -0.2) is 0 Å². The minimum Gasteiger partial charge on any atom is -0.461 e. The minimum absolute atomic E-state index is 0.0535. The molecule has 0 spiro atoms. The van der Waals surface area contributed by atoms with Crippen LogP contribution in [0.1, 0.15) is 47.0 Å². The molecule has 0 aromatic heterocycles. The van der Waals surface area contributed by atoms with Gasteiger partial charge in [-0.15, -0.1) is 0 Å². The molecule has 2 aliphatic rings.